The molecule has 2 aliphatic heterocycles. The van der Waals surface area contributed by atoms with Gasteiger partial charge in [0.25, 0.3) is 0 Å². The molecule has 8 bridgehead atoms. The Morgan fingerprint density at radius 2 is 1.33 bits per heavy atom. The lowest BCUT2D eigenvalue weighted by atomic mass is 9.95. The van der Waals surface area contributed by atoms with Gasteiger partial charge in [-0.2, -0.15) is 0 Å². The summed E-state index contributed by atoms with van der Waals surface area (Å²) in [6.45, 7) is 3.89. The van der Waals surface area contributed by atoms with E-state index in [2.05, 4.69) is 95.4 Å². The van der Waals surface area contributed by atoms with Gasteiger partial charge in [-0.1, -0.05) is 43.0 Å². The Balaban J connectivity index is 1.51. The smallest absolute Gasteiger partial charge is 0.0755 e. The van der Waals surface area contributed by atoms with Crippen LogP contribution in [-0.2, 0) is 6.42 Å². The van der Waals surface area contributed by atoms with Crippen LogP contribution in [0.2, 0.25) is 0 Å². The lowest BCUT2D eigenvalue weighted by molar-refractivity contribution is 1.23. The Morgan fingerprint density at radius 3 is 2.03 bits per heavy atom. The van der Waals surface area contributed by atoms with Crippen LogP contribution in [0.5, 0.6) is 0 Å². The van der Waals surface area contributed by atoms with Crippen molar-refractivity contribution >= 4 is 51.4 Å². The minimum atomic E-state index is 0.713. The van der Waals surface area contributed by atoms with Crippen LogP contribution in [-0.4, -0.2) is 24.9 Å². The second-order valence-corrected chi connectivity index (χ2v) is 9.68. The fourth-order valence-electron chi connectivity index (χ4n) is 5.08. The van der Waals surface area contributed by atoms with Gasteiger partial charge in [-0.15, -0.1) is 0 Å². The molecule has 7 rings (SSSR count). The van der Waals surface area contributed by atoms with E-state index in [4.69, 9.17) is 15.0 Å². The van der Waals surface area contributed by atoms with E-state index in [1.807, 2.05) is 36.6 Å². The summed E-state index contributed by atoms with van der Waals surface area (Å²) in [7, 11) is 0. The van der Waals surface area contributed by atoms with Gasteiger partial charge >= 0.3 is 0 Å². The number of hydrogen-bond acceptors (Lipinski definition) is 3. The summed E-state index contributed by atoms with van der Waals surface area (Å²) in [5.41, 5.74) is 12.9. The number of aromatic amines is 2. The maximum absolute atomic E-state index is 5.17. The van der Waals surface area contributed by atoms with E-state index in [9.17, 15) is 0 Å². The van der Waals surface area contributed by atoms with E-state index in [1.165, 1.54) is 5.56 Å². The molecule has 5 aromatic rings. The van der Waals surface area contributed by atoms with E-state index < -0.39 is 0 Å². The molecule has 1 aromatic carbocycles. The SMILES string of the molecule is C=Cc1ccc(CC2=C(c3ccccn3)c3cc4ccc(cc5ccc(cc6nc(cc2n3)C=C6)[nH]5)[nH]4)cc1. The van der Waals surface area contributed by atoms with Gasteiger partial charge in [-0.05, 0) is 89.5 Å². The van der Waals surface area contributed by atoms with Crippen LogP contribution in [0.15, 0.2) is 104 Å². The molecule has 4 aromatic heterocycles. The zero-order valence-corrected chi connectivity index (χ0v) is 21.2. The summed E-state index contributed by atoms with van der Waals surface area (Å²) < 4.78 is 0. The third kappa shape index (κ3) is 4.62. The maximum Gasteiger partial charge on any atom is 0.0755 e. The first-order valence-electron chi connectivity index (χ1n) is 12.9. The molecule has 0 unspecified atom stereocenters. The van der Waals surface area contributed by atoms with Gasteiger partial charge < -0.3 is 9.97 Å². The summed E-state index contributed by atoms with van der Waals surface area (Å²) >= 11 is 0. The molecule has 0 aliphatic carbocycles. The zero-order valence-electron chi connectivity index (χ0n) is 21.2. The summed E-state index contributed by atoms with van der Waals surface area (Å²) in [6.07, 6.45) is 8.49. The Bertz CT molecular complexity index is 1940. The molecule has 0 spiro atoms. The molecular weight excluding hydrogens is 478 g/mol. The average molecular weight is 504 g/mol. The summed E-state index contributed by atoms with van der Waals surface area (Å²) in [6, 6.07) is 31.1. The highest BCUT2D eigenvalue weighted by molar-refractivity contribution is 6.00. The van der Waals surface area contributed by atoms with Crippen LogP contribution < -0.4 is 0 Å². The lowest BCUT2D eigenvalue weighted by Gasteiger charge is -2.09. The number of benzene rings is 1. The number of H-pyrrole nitrogens is 2. The van der Waals surface area contributed by atoms with Gasteiger partial charge in [0.2, 0.25) is 0 Å². The topological polar surface area (TPSA) is 70.2 Å². The molecular formula is C34H25N5. The summed E-state index contributed by atoms with van der Waals surface area (Å²) in [5.74, 6) is 0. The van der Waals surface area contributed by atoms with Crippen molar-refractivity contribution in [2.75, 3.05) is 0 Å². The predicted octanol–water partition coefficient (Wildman–Crippen LogP) is 7.73. The van der Waals surface area contributed by atoms with Crippen LogP contribution in [0.1, 0.15) is 39.6 Å². The minimum Gasteiger partial charge on any atom is -0.355 e. The van der Waals surface area contributed by atoms with Gasteiger partial charge in [0.15, 0.2) is 0 Å². The molecule has 0 radical (unpaired) electrons. The molecule has 0 fully saturated rings. The minimum absolute atomic E-state index is 0.713. The molecule has 0 saturated carbocycles. The Hall–Kier alpha value is -5.29. The van der Waals surface area contributed by atoms with E-state index in [1.54, 1.807) is 0 Å². The molecule has 186 valence electrons. The molecule has 0 saturated heterocycles. The highest BCUT2D eigenvalue weighted by Gasteiger charge is 2.23. The number of allylic oxidation sites excluding steroid dienone is 1. The maximum atomic E-state index is 5.17. The first kappa shape index (κ1) is 22.9. The predicted molar refractivity (Wildman–Crippen MR) is 160 cm³/mol. The van der Waals surface area contributed by atoms with Crippen LogP contribution in [0.3, 0.4) is 0 Å². The Kier molecular flexibility index (Phi) is 5.60. The molecule has 5 nitrogen and oxygen atoms in total. The molecule has 5 heteroatoms. The quantitative estimate of drug-likeness (QED) is 0.259. The normalized spacial score (nSPS) is 12.6. The highest BCUT2D eigenvalue weighted by Crippen LogP contribution is 2.37. The summed E-state index contributed by atoms with van der Waals surface area (Å²) in [5, 5.41) is 0. The first-order valence-corrected chi connectivity index (χ1v) is 12.9. The van der Waals surface area contributed by atoms with Crippen molar-refractivity contribution in [2.45, 2.75) is 6.42 Å². The second kappa shape index (κ2) is 9.54. The van der Waals surface area contributed by atoms with Crippen molar-refractivity contribution in [2.24, 2.45) is 0 Å². The molecule has 2 N–H and O–H groups in total. The van der Waals surface area contributed by atoms with Crippen molar-refractivity contribution in [1.82, 2.24) is 24.9 Å². The molecule has 6 heterocycles. The van der Waals surface area contributed by atoms with Crippen molar-refractivity contribution in [3.63, 3.8) is 0 Å². The lowest BCUT2D eigenvalue weighted by Crippen LogP contribution is -1.95. The second-order valence-electron chi connectivity index (χ2n) is 9.68. The highest BCUT2D eigenvalue weighted by atomic mass is 14.8. The van der Waals surface area contributed by atoms with Crippen LogP contribution in [0.25, 0.3) is 51.4 Å². The van der Waals surface area contributed by atoms with Crippen LogP contribution in [0.4, 0.5) is 0 Å². The Morgan fingerprint density at radius 1 is 0.641 bits per heavy atom. The Labute approximate surface area is 226 Å². The van der Waals surface area contributed by atoms with E-state index in [-0.39, 0.29) is 0 Å². The number of aromatic nitrogens is 5. The molecule has 0 atom stereocenters. The van der Waals surface area contributed by atoms with Gasteiger partial charge in [0.1, 0.15) is 0 Å². The largest absolute Gasteiger partial charge is 0.355 e. The fourth-order valence-corrected chi connectivity index (χ4v) is 5.08. The van der Waals surface area contributed by atoms with Gasteiger partial charge in [0.05, 0.1) is 28.5 Å². The van der Waals surface area contributed by atoms with E-state index in [0.29, 0.717) is 6.42 Å². The number of pyridine rings is 1. The molecule has 39 heavy (non-hydrogen) atoms. The zero-order chi connectivity index (χ0) is 26.2. The van der Waals surface area contributed by atoms with E-state index in [0.717, 1.165) is 67.2 Å². The third-order valence-electron chi connectivity index (χ3n) is 6.96. The van der Waals surface area contributed by atoms with Crippen LogP contribution >= 0.6 is 0 Å². The number of nitrogens with one attached hydrogen (secondary N) is 2. The van der Waals surface area contributed by atoms with Crippen molar-refractivity contribution < 1.29 is 0 Å². The number of hydrogen-bond donors (Lipinski definition) is 2. The monoisotopic (exact) mass is 503 g/mol. The van der Waals surface area contributed by atoms with Gasteiger partial charge in [0, 0.05) is 40.3 Å². The van der Waals surface area contributed by atoms with Gasteiger partial charge in [-0.25, -0.2) is 9.97 Å². The van der Waals surface area contributed by atoms with Crippen molar-refractivity contribution in [3.05, 3.63) is 143 Å². The third-order valence-corrected chi connectivity index (χ3v) is 6.96. The molecule has 0 amide bonds. The van der Waals surface area contributed by atoms with Crippen molar-refractivity contribution in [1.29, 1.82) is 0 Å². The molecule has 2 aliphatic rings. The number of nitrogens with zero attached hydrogens (tertiary/aromatic N) is 3. The standard InChI is InChI=1S/C34H25N5/c1-2-22-6-8-23(9-7-22)17-30-32-20-28-14-12-26(37-28)18-24-10-11-25(36-24)19-27-13-15-29(38-27)21-33(39-32)34(30)31-5-3-4-16-35-31/h2-16,18-21,36,38H,1,17H2. The van der Waals surface area contributed by atoms with Crippen LogP contribution in [0, 0.1) is 0 Å². The number of fused-ring (bicyclic) bond motifs is 8. The summed E-state index contributed by atoms with van der Waals surface area (Å²) in [4.78, 5) is 21.8. The fraction of sp³-hybridized carbons (Fsp3) is 0.0294. The van der Waals surface area contributed by atoms with E-state index >= 15 is 0 Å². The van der Waals surface area contributed by atoms with Gasteiger partial charge in [-0.3, -0.25) is 4.98 Å². The average Bonchev–Trinajstić information content (AvgIpc) is 3.75. The van der Waals surface area contributed by atoms with Crippen molar-refractivity contribution in [3.8, 4) is 0 Å². The number of rotatable bonds is 4. The first-order chi connectivity index (χ1) is 19.2.